The molecule has 2 heterocycles. The molecule has 2 saturated heterocycles. The number of alkyl halides is 3. The second-order valence-electron chi connectivity index (χ2n) is 8.17. The number of nitrogens with two attached hydrogens (primary N) is 1. The lowest BCUT2D eigenvalue weighted by atomic mass is 9.89. The lowest BCUT2D eigenvalue weighted by molar-refractivity contribution is -0.174. The van der Waals surface area contributed by atoms with Gasteiger partial charge in [-0.25, -0.2) is 0 Å². The average molecular weight is 463 g/mol. The van der Waals surface area contributed by atoms with Crippen LogP contribution in [0.2, 0.25) is 0 Å². The van der Waals surface area contributed by atoms with Crippen molar-refractivity contribution in [2.75, 3.05) is 19.6 Å². The summed E-state index contributed by atoms with van der Waals surface area (Å²) in [5.41, 5.74) is 5.39. The maximum Gasteiger partial charge on any atom is 0.471 e. The highest BCUT2D eigenvalue weighted by molar-refractivity contribution is 5.94. The molecule has 32 heavy (non-hydrogen) atoms. The highest BCUT2D eigenvalue weighted by Crippen LogP contribution is 2.32. The first kappa shape index (κ1) is 25.4. The summed E-state index contributed by atoms with van der Waals surface area (Å²) in [5, 5.41) is 6.64. The van der Waals surface area contributed by atoms with E-state index in [1.165, 1.54) is 5.32 Å². The molecule has 1 unspecified atom stereocenters. The largest absolute Gasteiger partial charge is 0.471 e. The number of likely N-dealkylation sites (tertiary alicyclic amines) is 1. The molecule has 5 N–H and O–H groups in total. The monoisotopic (exact) mass is 463 g/mol. The van der Waals surface area contributed by atoms with E-state index in [0.717, 1.165) is 4.90 Å². The van der Waals surface area contributed by atoms with Crippen LogP contribution in [-0.4, -0.2) is 72.3 Å². The van der Waals surface area contributed by atoms with Gasteiger partial charge < -0.3 is 26.6 Å². The van der Waals surface area contributed by atoms with Crippen LogP contribution in [0.25, 0.3) is 0 Å². The maximum atomic E-state index is 13.0. The SMILES string of the molecule is CC[C@H]1CN(C(=O)CNC(=O)C(F)(F)F)[C@H](C(=O)NC(C[C@@H]2CCNC2=O)C(N)=O)[C@H]1C. The minimum absolute atomic E-state index is 0.000794. The quantitative estimate of drug-likeness (QED) is 0.365. The van der Waals surface area contributed by atoms with Crippen LogP contribution in [0, 0.1) is 17.8 Å². The van der Waals surface area contributed by atoms with Crippen LogP contribution in [0.15, 0.2) is 0 Å². The summed E-state index contributed by atoms with van der Waals surface area (Å²) < 4.78 is 37.2. The summed E-state index contributed by atoms with van der Waals surface area (Å²) >= 11 is 0. The van der Waals surface area contributed by atoms with Gasteiger partial charge in [0.15, 0.2) is 0 Å². The van der Waals surface area contributed by atoms with E-state index in [1.54, 1.807) is 6.92 Å². The number of primary amides is 1. The van der Waals surface area contributed by atoms with Gasteiger partial charge in [-0.1, -0.05) is 20.3 Å². The Hall–Kier alpha value is -2.86. The summed E-state index contributed by atoms with van der Waals surface area (Å²) in [6.07, 6.45) is -4.05. The van der Waals surface area contributed by atoms with Crippen molar-refractivity contribution in [2.24, 2.45) is 23.5 Å². The van der Waals surface area contributed by atoms with E-state index in [4.69, 9.17) is 5.73 Å². The van der Waals surface area contributed by atoms with Crippen molar-refractivity contribution >= 4 is 29.5 Å². The first-order valence-corrected chi connectivity index (χ1v) is 10.4. The number of halogens is 3. The molecule has 0 aliphatic carbocycles. The van der Waals surface area contributed by atoms with Gasteiger partial charge in [-0.3, -0.25) is 24.0 Å². The third-order valence-electron chi connectivity index (χ3n) is 6.12. The van der Waals surface area contributed by atoms with Crippen molar-refractivity contribution in [3.05, 3.63) is 0 Å². The second kappa shape index (κ2) is 10.2. The Balaban J connectivity index is 2.11. The highest BCUT2D eigenvalue weighted by atomic mass is 19.4. The fourth-order valence-corrected chi connectivity index (χ4v) is 4.23. The predicted molar refractivity (Wildman–Crippen MR) is 104 cm³/mol. The van der Waals surface area contributed by atoms with Gasteiger partial charge in [0, 0.05) is 19.0 Å². The fourth-order valence-electron chi connectivity index (χ4n) is 4.23. The number of hydrogen-bond donors (Lipinski definition) is 4. The first-order valence-electron chi connectivity index (χ1n) is 10.4. The molecule has 0 aromatic heterocycles. The van der Waals surface area contributed by atoms with E-state index in [-0.39, 0.29) is 30.7 Å². The number of nitrogens with one attached hydrogen (secondary N) is 3. The summed E-state index contributed by atoms with van der Waals surface area (Å²) in [4.78, 5) is 61.4. The Kier molecular flexibility index (Phi) is 8.07. The molecule has 0 spiro atoms. The van der Waals surface area contributed by atoms with Crippen LogP contribution in [0.1, 0.15) is 33.1 Å². The molecule has 10 nitrogen and oxygen atoms in total. The third-order valence-corrected chi connectivity index (χ3v) is 6.12. The molecule has 0 radical (unpaired) electrons. The topological polar surface area (TPSA) is 151 Å². The molecular weight excluding hydrogens is 435 g/mol. The molecule has 0 saturated carbocycles. The van der Waals surface area contributed by atoms with Gasteiger partial charge in [0.05, 0.1) is 6.54 Å². The Labute approximate surface area is 182 Å². The van der Waals surface area contributed by atoms with Crippen LogP contribution >= 0.6 is 0 Å². The van der Waals surface area contributed by atoms with Crippen molar-refractivity contribution < 1.29 is 37.1 Å². The minimum atomic E-state index is -5.14. The molecule has 5 atom stereocenters. The normalized spacial score (nSPS) is 26.4. The summed E-state index contributed by atoms with van der Waals surface area (Å²) in [6.45, 7) is 3.21. The van der Waals surface area contributed by atoms with E-state index in [1.807, 2.05) is 6.92 Å². The zero-order chi connectivity index (χ0) is 24.2. The molecule has 5 amide bonds. The Morgan fingerprint density at radius 1 is 1.28 bits per heavy atom. The van der Waals surface area contributed by atoms with Crippen molar-refractivity contribution in [2.45, 2.75) is 51.4 Å². The Morgan fingerprint density at radius 3 is 2.44 bits per heavy atom. The van der Waals surface area contributed by atoms with E-state index in [2.05, 4.69) is 10.6 Å². The van der Waals surface area contributed by atoms with Gasteiger partial charge in [0.25, 0.3) is 0 Å². The van der Waals surface area contributed by atoms with Crippen molar-refractivity contribution in [3.63, 3.8) is 0 Å². The van der Waals surface area contributed by atoms with Crippen molar-refractivity contribution in [3.8, 4) is 0 Å². The maximum absolute atomic E-state index is 13.0. The molecule has 2 aliphatic heterocycles. The zero-order valence-corrected chi connectivity index (χ0v) is 17.8. The molecule has 180 valence electrons. The van der Waals surface area contributed by atoms with Gasteiger partial charge in [0.2, 0.25) is 23.6 Å². The van der Waals surface area contributed by atoms with E-state index >= 15 is 0 Å². The Bertz CT molecular complexity index is 775. The molecule has 0 aromatic rings. The standard InChI is InChI=1S/C19H28F3N5O5/c1-3-10-8-27(13(28)7-25-18(32)19(20,21)22)14(9(10)2)17(31)26-12(15(23)29)6-11-4-5-24-16(11)30/h9-12,14H,3-8H2,1-2H3,(H2,23,29)(H,24,30)(H,25,32)(H,26,31)/t9-,10-,11-,12?,14-/m0/s1. The van der Waals surface area contributed by atoms with Gasteiger partial charge in [-0.15, -0.1) is 0 Å². The molecule has 0 bridgehead atoms. The lowest BCUT2D eigenvalue weighted by Crippen LogP contribution is -2.55. The number of carbonyl (C=O) groups excluding carboxylic acids is 5. The minimum Gasteiger partial charge on any atom is -0.368 e. The first-order chi connectivity index (χ1) is 14.9. The van der Waals surface area contributed by atoms with Crippen molar-refractivity contribution in [1.82, 2.24) is 20.9 Å². The highest BCUT2D eigenvalue weighted by Gasteiger charge is 2.46. The van der Waals surface area contributed by atoms with Gasteiger partial charge in [-0.05, 0) is 24.7 Å². The molecular formula is C19H28F3N5O5. The van der Waals surface area contributed by atoms with E-state index in [0.29, 0.717) is 19.4 Å². The second-order valence-corrected chi connectivity index (χ2v) is 8.17. The number of rotatable bonds is 8. The summed E-state index contributed by atoms with van der Waals surface area (Å²) in [6, 6.07) is -2.21. The average Bonchev–Trinajstić information content (AvgIpc) is 3.26. The van der Waals surface area contributed by atoms with Crippen LogP contribution in [0.3, 0.4) is 0 Å². The smallest absolute Gasteiger partial charge is 0.368 e. The lowest BCUT2D eigenvalue weighted by Gasteiger charge is -2.28. The zero-order valence-electron chi connectivity index (χ0n) is 17.8. The number of hydrogen-bond acceptors (Lipinski definition) is 5. The number of nitrogens with zero attached hydrogens (tertiary/aromatic N) is 1. The molecule has 2 fully saturated rings. The summed E-state index contributed by atoms with van der Waals surface area (Å²) in [7, 11) is 0. The molecule has 2 aliphatic rings. The van der Waals surface area contributed by atoms with Crippen LogP contribution in [-0.2, 0) is 24.0 Å². The van der Waals surface area contributed by atoms with Gasteiger partial charge in [0.1, 0.15) is 12.1 Å². The fraction of sp³-hybridized carbons (Fsp3) is 0.737. The van der Waals surface area contributed by atoms with Crippen LogP contribution in [0.5, 0.6) is 0 Å². The molecule has 13 heteroatoms. The molecule has 2 rings (SSSR count). The number of amides is 5. The van der Waals surface area contributed by atoms with E-state index in [9.17, 15) is 37.1 Å². The van der Waals surface area contributed by atoms with E-state index < -0.39 is 54.4 Å². The van der Waals surface area contributed by atoms with Crippen molar-refractivity contribution in [1.29, 1.82) is 0 Å². The number of carbonyl (C=O) groups is 5. The Morgan fingerprint density at radius 2 is 1.94 bits per heavy atom. The van der Waals surface area contributed by atoms with Crippen LogP contribution in [0.4, 0.5) is 13.2 Å². The van der Waals surface area contributed by atoms with Gasteiger partial charge >= 0.3 is 12.1 Å². The van der Waals surface area contributed by atoms with Crippen LogP contribution < -0.4 is 21.7 Å². The summed E-state index contributed by atoms with van der Waals surface area (Å²) in [5.74, 6) is -5.84. The van der Waals surface area contributed by atoms with Gasteiger partial charge in [-0.2, -0.15) is 13.2 Å². The predicted octanol–water partition coefficient (Wildman–Crippen LogP) is -0.966. The third kappa shape index (κ3) is 5.88. The molecule has 0 aromatic carbocycles.